The number of pyridine rings is 1. The molecule has 1 fully saturated rings. The van der Waals surface area contributed by atoms with Crippen molar-refractivity contribution in [2.24, 2.45) is 0 Å². The van der Waals surface area contributed by atoms with Crippen molar-refractivity contribution in [2.45, 2.75) is 5.33 Å². The summed E-state index contributed by atoms with van der Waals surface area (Å²) >= 11 is 3.44. The number of likely N-dealkylation sites (N-methyl/N-ethyl adjacent to an activating group) is 1. The average Bonchev–Trinajstić information content (AvgIpc) is 2.30. The van der Waals surface area contributed by atoms with Crippen molar-refractivity contribution in [2.75, 3.05) is 38.1 Å². The minimum Gasteiger partial charge on any atom is -0.354 e. The van der Waals surface area contributed by atoms with Gasteiger partial charge in [-0.3, -0.25) is 0 Å². The van der Waals surface area contributed by atoms with Gasteiger partial charge < -0.3 is 9.80 Å². The highest BCUT2D eigenvalue weighted by Crippen LogP contribution is 2.14. The third-order valence-electron chi connectivity index (χ3n) is 2.76. The van der Waals surface area contributed by atoms with Crippen molar-refractivity contribution in [1.29, 1.82) is 0 Å². The minimum atomic E-state index is 0.828. The van der Waals surface area contributed by atoms with Crippen LogP contribution < -0.4 is 4.90 Å². The van der Waals surface area contributed by atoms with Gasteiger partial charge in [0, 0.05) is 31.5 Å². The van der Waals surface area contributed by atoms with Crippen LogP contribution in [0.2, 0.25) is 0 Å². The second-order valence-corrected chi connectivity index (χ2v) is 4.47. The Kier molecular flexibility index (Phi) is 3.59. The summed E-state index contributed by atoms with van der Waals surface area (Å²) < 4.78 is 0. The van der Waals surface area contributed by atoms with E-state index in [9.17, 15) is 0 Å². The third-order valence-corrected chi connectivity index (χ3v) is 3.33. The number of alkyl halides is 1. The number of anilines is 1. The first-order valence-corrected chi connectivity index (χ1v) is 6.37. The molecule has 1 aliphatic heterocycles. The summed E-state index contributed by atoms with van der Waals surface area (Å²) in [7, 11) is 2.17. The Balaban J connectivity index is 2.08. The smallest absolute Gasteiger partial charge is 0.128 e. The topological polar surface area (TPSA) is 19.4 Å². The summed E-state index contributed by atoms with van der Waals surface area (Å²) in [5.74, 6) is 1.11. The van der Waals surface area contributed by atoms with Crippen LogP contribution in [0, 0.1) is 0 Å². The van der Waals surface area contributed by atoms with Gasteiger partial charge in [0.05, 0.1) is 5.69 Å². The second kappa shape index (κ2) is 4.94. The van der Waals surface area contributed by atoms with Crippen molar-refractivity contribution in [3.05, 3.63) is 23.9 Å². The zero-order valence-electron chi connectivity index (χ0n) is 8.99. The molecule has 1 aromatic heterocycles. The molecule has 82 valence electrons. The molecule has 0 aliphatic carbocycles. The first kappa shape index (κ1) is 10.9. The largest absolute Gasteiger partial charge is 0.354 e. The van der Waals surface area contributed by atoms with Crippen molar-refractivity contribution in [3.8, 4) is 0 Å². The van der Waals surface area contributed by atoms with E-state index in [1.165, 1.54) is 0 Å². The van der Waals surface area contributed by atoms with Crippen LogP contribution in [0.25, 0.3) is 0 Å². The Labute approximate surface area is 99.2 Å². The Morgan fingerprint density at radius 2 is 2.00 bits per heavy atom. The lowest BCUT2D eigenvalue weighted by molar-refractivity contribution is 0.312. The van der Waals surface area contributed by atoms with Gasteiger partial charge in [0.2, 0.25) is 0 Å². The van der Waals surface area contributed by atoms with Crippen LogP contribution >= 0.6 is 15.9 Å². The predicted octanol–water partition coefficient (Wildman–Crippen LogP) is 1.73. The second-order valence-electron chi connectivity index (χ2n) is 3.91. The van der Waals surface area contributed by atoms with Crippen molar-refractivity contribution in [1.82, 2.24) is 9.88 Å². The molecule has 2 heterocycles. The molecular weight excluding hydrogens is 254 g/mol. The molecule has 0 unspecified atom stereocenters. The van der Waals surface area contributed by atoms with Crippen LogP contribution in [-0.2, 0) is 5.33 Å². The van der Waals surface area contributed by atoms with Crippen LogP contribution in [0.3, 0.4) is 0 Å². The molecule has 2 rings (SSSR count). The zero-order valence-corrected chi connectivity index (χ0v) is 10.6. The van der Waals surface area contributed by atoms with Gasteiger partial charge in [-0.25, -0.2) is 4.98 Å². The average molecular weight is 270 g/mol. The van der Waals surface area contributed by atoms with Gasteiger partial charge in [0.25, 0.3) is 0 Å². The Bertz CT molecular complexity index is 321. The first-order valence-electron chi connectivity index (χ1n) is 5.25. The molecule has 4 heteroatoms. The van der Waals surface area contributed by atoms with Gasteiger partial charge in [-0.15, -0.1) is 0 Å². The molecule has 15 heavy (non-hydrogen) atoms. The van der Waals surface area contributed by atoms with Gasteiger partial charge in [-0.05, 0) is 19.2 Å². The molecular formula is C11H16BrN3. The van der Waals surface area contributed by atoms with Gasteiger partial charge in [-0.1, -0.05) is 22.0 Å². The quantitative estimate of drug-likeness (QED) is 0.763. The number of halogens is 1. The van der Waals surface area contributed by atoms with Gasteiger partial charge in [0.1, 0.15) is 5.82 Å². The molecule has 0 N–H and O–H groups in total. The maximum absolute atomic E-state index is 4.60. The van der Waals surface area contributed by atoms with E-state index in [0.717, 1.165) is 43.0 Å². The summed E-state index contributed by atoms with van der Waals surface area (Å²) in [4.78, 5) is 9.31. The van der Waals surface area contributed by atoms with Gasteiger partial charge >= 0.3 is 0 Å². The van der Waals surface area contributed by atoms with Crippen LogP contribution in [0.5, 0.6) is 0 Å². The molecule has 0 spiro atoms. The lowest BCUT2D eigenvalue weighted by atomic mass is 10.3. The summed E-state index contributed by atoms with van der Waals surface area (Å²) in [6.45, 7) is 4.41. The molecule has 3 nitrogen and oxygen atoms in total. The predicted molar refractivity (Wildman–Crippen MR) is 66.6 cm³/mol. The van der Waals surface area contributed by atoms with Crippen LogP contribution in [-0.4, -0.2) is 43.1 Å². The van der Waals surface area contributed by atoms with E-state index in [1.807, 2.05) is 6.07 Å². The number of nitrogens with zero attached hydrogens (tertiary/aromatic N) is 3. The van der Waals surface area contributed by atoms with Crippen LogP contribution in [0.15, 0.2) is 18.2 Å². The lowest BCUT2D eigenvalue weighted by Gasteiger charge is -2.33. The molecule has 1 aliphatic rings. The van der Waals surface area contributed by atoms with E-state index < -0.39 is 0 Å². The molecule has 0 aromatic carbocycles. The Morgan fingerprint density at radius 3 is 2.67 bits per heavy atom. The van der Waals surface area contributed by atoms with E-state index in [0.29, 0.717) is 0 Å². The molecule has 0 bridgehead atoms. The first-order chi connectivity index (χ1) is 7.29. The number of hydrogen-bond donors (Lipinski definition) is 0. The minimum absolute atomic E-state index is 0.828. The summed E-state index contributed by atoms with van der Waals surface area (Å²) in [5.41, 5.74) is 1.10. The SMILES string of the molecule is CN1CCN(c2cccc(CBr)n2)CC1. The molecule has 1 aromatic rings. The van der Waals surface area contributed by atoms with Gasteiger partial charge in [0.15, 0.2) is 0 Å². The normalized spacial score (nSPS) is 18.1. The maximum Gasteiger partial charge on any atom is 0.128 e. The van der Waals surface area contributed by atoms with E-state index in [2.05, 4.69) is 49.9 Å². The summed E-state index contributed by atoms with van der Waals surface area (Å²) in [6.07, 6.45) is 0. The van der Waals surface area contributed by atoms with Crippen LogP contribution in [0.4, 0.5) is 5.82 Å². The zero-order chi connectivity index (χ0) is 10.7. The number of piperazine rings is 1. The molecule has 1 saturated heterocycles. The fourth-order valence-corrected chi connectivity index (χ4v) is 2.07. The number of hydrogen-bond acceptors (Lipinski definition) is 3. The Morgan fingerprint density at radius 1 is 1.27 bits per heavy atom. The van der Waals surface area contributed by atoms with Gasteiger partial charge in [-0.2, -0.15) is 0 Å². The Hall–Kier alpha value is -0.610. The van der Waals surface area contributed by atoms with Crippen LogP contribution in [0.1, 0.15) is 5.69 Å². The molecule has 0 amide bonds. The molecule has 0 saturated carbocycles. The van der Waals surface area contributed by atoms with E-state index >= 15 is 0 Å². The highest BCUT2D eigenvalue weighted by atomic mass is 79.9. The third kappa shape index (κ3) is 2.69. The maximum atomic E-state index is 4.60. The fraction of sp³-hybridized carbons (Fsp3) is 0.545. The monoisotopic (exact) mass is 269 g/mol. The number of aromatic nitrogens is 1. The summed E-state index contributed by atoms with van der Waals surface area (Å²) in [5, 5.41) is 0.828. The summed E-state index contributed by atoms with van der Waals surface area (Å²) in [6, 6.07) is 6.23. The number of rotatable bonds is 2. The van der Waals surface area contributed by atoms with Crippen molar-refractivity contribution < 1.29 is 0 Å². The van der Waals surface area contributed by atoms with E-state index in [-0.39, 0.29) is 0 Å². The lowest BCUT2D eigenvalue weighted by Crippen LogP contribution is -2.44. The molecule has 0 atom stereocenters. The van der Waals surface area contributed by atoms with Crippen molar-refractivity contribution in [3.63, 3.8) is 0 Å². The van der Waals surface area contributed by atoms with E-state index in [1.54, 1.807) is 0 Å². The van der Waals surface area contributed by atoms with Crippen molar-refractivity contribution >= 4 is 21.7 Å². The van der Waals surface area contributed by atoms with E-state index in [4.69, 9.17) is 0 Å². The standard InChI is InChI=1S/C11H16BrN3/c1-14-5-7-15(8-6-14)11-4-2-3-10(9-12)13-11/h2-4H,5-9H2,1H3. The highest BCUT2D eigenvalue weighted by molar-refractivity contribution is 9.08. The molecule has 0 radical (unpaired) electrons. The highest BCUT2D eigenvalue weighted by Gasteiger charge is 2.14. The fourth-order valence-electron chi connectivity index (χ4n) is 1.75.